The van der Waals surface area contributed by atoms with Crippen molar-refractivity contribution in [2.45, 2.75) is 19.9 Å². The van der Waals surface area contributed by atoms with Crippen molar-refractivity contribution in [3.8, 4) is 11.3 Å². The van der Waals surface area contributed by atoms with Crippen LogP contribution in [-0.4, -0.2) is 22.1 Å². The highest BCUT2D eigenvalue weighted by atomic mass is 35.5. The molecule has 1 aromatic carbocycles. The Bertz CT molecular complexity index is 679. The molecule has 1 atom stereocenters. The SMILES string of the molecule is CC(=O)NC(C)c1onc(-c2ccc(Cl)cc2)c1C(=O)O. The fourth-order valence-electron chi connectivity index (χ4n) is 1.98. The van der Waals surface area contributed by atoms with Gasteiger partial charge in [0.05, 0.1) is 6.04 Å². The van der Waals surface area contributed by atoms with Crippen molar-refractivity contribution in [1.29, 1.82) is 0 Å². The lowest BCUT2D eigenvalue weighted by molar-refractivity contribution is -0.119. The van der Waals surface area contributed by atoms with Gasteiger partial charge in [-0.3, -0.25) is 4.79 Å². The molecule has 0 saturated carbocycles. The van der Waals surface area contributed by atoms with Crippen molar-refractivity contribution in [2.24, 2.45) is 0 Å². The Morgan fingerprint density at radius 3 is 2.48 bits per heavy atom. The number of aromatic nitrogens is 1. The molecule has 7 heteroatoms. The smallest absolute Gasteiger partial charge is 0.341 e. The molecule has 0 radical (unpaired) electrons. The van der Waals surface area contributed by atoms with E-state index in [1.54, 1.807) is 31.2 Å². The molecule has 110 valence electrons. The van der Waals surface area contributed by atoms with Crippen LogP contribution in [0, 0.1) is 0 Å². The standard InChI is InChI=1S/C14H13ClN2O4/c1-7(16-8(2)18)13-11(14(19)20)12(17-21-13)9-3-5-10(15)6-4-9/h3-7H,1-2H3,(H,16,18)(H,19,20). The van der Waals surface area contributed by atoms with Crippen molar-refractivity contribution in [3.63, 3.8) is 0 Å². The summed E-state index contributed by atoms with van der Waals surface area (Å²) < 4.78 is 5.13. The molecule has 0 aliphatic heterocycles. The third-order valence-corrected chi connectivity index (χ3v) is 3.12. The molecule has 0 aliphatic carbocycles. The third-order valence-electron chi connectivity index (χ3n) is 2.86. The van der Waals surface area contributed by atoms with Crippen LogP contribution in [0.5, 0.6) is 0 Å². The molecule has 0 fully saturated rings. The maximum absolute atomic E-state index is 11.5. The number of carboxylic acids is 1. The van der Waals surface area contributed by atoms with Crippen LogP contribution in [0.1, 0.15) is 36.0 Å². The Morgan fingerprint density at radius 2 is 1.95 bits per heavy atom. The molecule has 1 aromatic heterocycles. The van der Waals surface area contributed by atoms with E-state index < -0.39 is 12.0 Å². The van der Waals surface area contributed by atoms with Gasteiger partial charge in [-0.25, -0.2) is 4.79 Å². The van der Waals surface area contributed by atoms with E-state index >= 15 is 0 Å². The van der Waals surface area contributed by atoms with Crippen molar-refractivity contribution in [2.75, 3.05) is 0 Å². The Labute approximate surface area is 125 Å². The van der Waals surface area contributed by atoms with E-state index in [1.807, 2.05) is 0 Å². The van der Waals surface area contributed by atoms with Gasteiger partial charge in [0.25, 0.3) is 0 Å². The summed E-state index contributed by atoms with van der Waals surface area (Å²) in [7, 11) is 0. The lowest BCUT2D eigenvalue weighted by Gasteiger charge is -2.09. The molecule has 1 heterocycles. The van der Waals surface area contributed by atoms with E-state index in [4.69, 9.17) is 16.1 Å². The Balaban J connectivity index is 2.48. The van der Waals surface area contributed by atoms with Gasteiger partial charge in [0.15, 0.2) is 5.76 Å². The second-order valence-corrected chi connectivity index (χ2v) is 4.94. The van der Waals surface area contributed by atoms with Gasteiger partial charge in [-0.2, -0.15) is 0 Å². The number of carboxylic acid groups (broad SMARTS) is 1. The maximum Gasteiger partial charge on any atom is 0.341 e. The number of amides is 1. The first-order valence-electron chi connectivity index (χ1n) is 6.16. The Hall–Kier alpha value is -2.34. The van der Waals surface area contributed by atoms with E-state index in [-0.39, 0.29) is 22.9 Å². The topological polar surface area (TPSA) is 92.4 Å². The Kier molecular flexibility index (Phi) is 4.28. The van der Waals surface area contributed by atoms with Crippen LogP contribution >= 0.6 is 11.6 Å². The summed E-state index contributed by atoms with van der Waals surface area (Å²) in [5, 5.41) is 16.3. The van der Waals surface area contributed by atoms with Gasteiger partial charge < -0.3 is 14.9 Å². The highest BCUT2D eigenvalue weighted by Gasteiger charge is 2.27. The average molecular weight is 309 g/mol. The molecular weight excluding hydrogens is 296 g/mol. The fourth-order valence-corrected chi connectivity index (χ4v) is 2.11. The fraction of sp³-hybridized carbons (Fsp3) is 0.214. The molecule has 2 rings (SSSR count). The minimum Gasteiger partial charge on any atom is -0.477 e. The van der Waals surface area contributed by atoms with E-state index in [0.717, 1.165) is 0 Å². The van der Waals surface area contributed by atoms with Crippen LogP contribution < -0.4 is 5.32 Å². The van der Waals surface area contributed by atoms with Gasteiger partial charge in [0.1, 0.15) is 11.3 Å². The van der Waals surface area contributed by atoms with E-state index in [9.17, 15) is 14.7 Å². The second-order valence-electron chi connectivity index (χ2n) is 4.50. The number of hydrogen-bond acceptors (Lipinski definition) is 4. The molecule has 0 bridgehead atoms. The van der Waals surface area contributed by atoms with E-state index in [1.165, 1.54) is 6.92 Å². The van der Waals surface area contributed by atoms with Crippen LogP contribution in [0.15, 0.2) is 28.8 Å². The molecule has 6 nitrogen and oxygen atoms in total. The molecule has 0 saturated heterocycles. The monoisotopic (exact) mass is 308 g/mol. The minimum atomic E-state index is -1.17. The zero-order valence-corrected chi connectivity index (χ0v) is 12.1. The first kappa shape index (κ1) is 15.1. The van der Waals surface area contributed by atoms with Gasteiger partial charge in [-0.1, -0.05) is 28.9 Å². The number of nitrogens with zero attached hydrogens (tertiary/aromatic N) is 1. The predicted molar refractivity (Wildman–Crippen MR) is 76.1 cm³/mol. The number of hydrogen-bond donors (Lipinski definition) is 2. The molecule has 0 spiro atoms. The first-order chi connectivity index (χ1) is 9.90. The Morgan fingerprint density at radius 1 is 1.33 bits per heavy atom. The first-order valence-corrected chi connectivity index (χ1v) is 6.54. The number of carbonyl (C=O) groups is 2. The van der Waals surface area contributed by atoms with Crippen molar-refractivity contribution in [3.05, 3.63) is 40.6 Å². The summed E-state index contributed by atoms with van der Waals surface area (Å²) in [4.78, 5) is 22.6. The van der Waals surface area contributed by atoms with Crippen LogP contribution in [0.2, 0.25) is 5.02 Å². The summed E-state index contributed by atoms with van der Waals surface area (Å²) in [5.41, 5.74) is 0.701. The molecule has 21 heavy (non-hydrogen) atoms. The second kappa shape index (κ2) is 5.97. The zero-order valence-electron chi connectivity index (χ0n) is 11.4. The minimum absolute atomic E-state index is 0.0708. The number of rotatable bonds is 4. The lowest BCUT2D eigenvalue weighted by atomic mass is 10.0. The van der Waals surface area contributed by atoms with Crippen LogP contribution in [0.4, 0.5) is 0 Å². The summed E-state index contributed by atoms with van der Waals surface area (Å²) in [6, 6.07) is 5.98. The number of halogens is 1. The summed E-state index contributed by atoms with van der Waals surface area (Å²) in [5.74, 6) is -1.36. The van der Waals surface area contributed by atoms with E-state index in [0.29, 0.717) is 10.6 Å². The van der Waals surface area contributed by atoms with Crippen LogP contribution in [-0.2, 0) is 4.79 Å². The van der Waals surface area contributed by atoms with Gasteiger partial charge in [0, 0.05) is 17.5 Å². The molecule has 2 N–H and O–H groups in total. The third kappa shape index (κ3) is 3.22. The number of benzene rings is 1. The summed E-state index contributed by atoms with van der Waals surface area (Å²) in [6.45, 7) is 2.97. The van der Waals surface area contributed by atoms with Gasteiger partial charge >= 0.3 is 5.97 Å². The molecule has 2 aromatic rings. The van der Waals surface area contributed by atoms with Gasteiger partial charge in [-0.05, 0) is 19.1 Å². The summed E-state index contributed by atoms with van der Waals surface area (Å²) >= 11 is 5.81. The normalized spacial score (nSPS) is 12.0. The van der Waals surface area contributed by atoms with Crippen molar-refractivity contribution < 1.29 is 19.2 Å². The zero-order chi connectivity index (χ0) is 15.6. The average Bonchev–Trinajstić information content (AvgIpc) is 2.83. The highest BCUT2D eigenvalue weighted by Crippen LogP contribution is 2.29. The number of aromatic carboxylic acids is 1. The molecule has 1 amide bonds. The predicted octanol–water partition coefficient (Wildman–Crippen LogP) is 2.89. The number of carbonyl (C=O) groups excluding carboxylic acids is 1. The largest absolute Gasteiger partial charge is 0.477 e. The van der Waals surface area contributed by atoms with Gasteiger partial charge in [0.2, 0.25) is 5.91 Å². The molecule has 0 aliphatic rings. The van der Waals surface area contributed by atoms with Crippen molar-refractivity contribution >= 4 is 23.5 Å². The van der Waals surface area contributed by atoms with Crippen molar-refractivity contribution in [1.82, 2.24) is 10.5 Å². The summed E-state index contributed by atoms with van der Waals surface area (Å²) in [6.07, 6.45) is 0. The molecular formula is C14H13ClN2O4. The van der Waals surface area contributed by atoms with E-state index in [2.05, 4.69) is 10.5 Å². The molecule has 1 unspecified atom stereocenters. The van der Waals surface area contributed by atoms with Crippen LogP contribution in [0.25, 0.3) is 11.3 Å². The number of nitrogens with one attached hydrogen (secondary N) is 1. The highest BCUT2D eigenvalue weighted by molar-refractivity contribution is 6.30. The van der Waals surface area contributed by atoms with Crippen LogP contribution in [0.3, 0.4) is 0 Å². The maximum atomic E-state index is 11.5. The van der Waals surface area contributed by atoms with Gasteiger partial charge in [-0.15, -0.1) is 0 Å². The lowest BCUT2D eigenvalue weighted by Crippen LogP contribution is -2.24. The quantitative estimate of drug-likeness (QED) is 0.906.